The minimum Gasteiger partial charge on any atom is -0.384 e. The molecule has 0 aromatic rings. The SMILES string of the molecule is COCC1(CNC2CCC2)CCOCC1. The highest BCUT2D eigenvalue weighted by Crippen LogP contribution is 2.31. The number of hydrogen-bond acceptors (Lipinski definition) is 3. The molecule has 1 aliphatic heterocycles. The number of methoxy groups -OCH3 is 1. The smallest absolute Gasteiger partial charge is 0.0532 e. The van der Waals surface area contributed by atoms with Crippen LogP contribution in [0, 0.1) is 5.41 Å². The highest BCUT2D eigenvalue weighted by molar-refractivity contribution is 4.87. The van der Waals surface area contributed by atoms with Gasteiger partial charge in [0.25, 0.3) is 0 Å². The molecule has 15 heavy (non-hydrogen) atoms. The van der Waals surface area contributed by atoms with Crippen molar-refractivity contribution >= 4 is 0 Å². The molecule has 1 heterocycles. The van der Waals surface area contributed by atoms with E-state index in [1.54, 1.807) is 7.11 Å². The second-order valence-corrected chi connectivity index (χ2v) is 5.05. The van der Waals surface area contributed by atoms with E-state index < -0.39 is 0 Å². The first-order valence-electron chi connectivity index (χ1n) is 6.15. The summed E-state index contributed by atoms with van der Waals surface area (Å²) in [5, 5.41) is 3.68. The van der Waals surface area contributed by atoms with Gasteiger partial charge in [0.15, 0.2) is 0 Å². The third kappa shape index (κ3) is 2.92. The van der Waals surface area contributed by atoms with E-state index in [0.29, 0.717) is 5.41 Å². The zero-order valence-electron chi connectivity index (χ0n) is 9.76. The van der Waals surface area contributed by atoms with Crippen LogP contribution in [0.2, 0.25) is 0 Å². The molecule has 0 aromatic carbocycles. The molecule has 0 aromatic heterocycles. The maximum atomic E-state index is 5.43. The summed E-state index contributed by atoms with van der Waals surface area (Å²) >= 11 is 0. The molecule has 2 rings (SSSR count). The maximum Gasteiger partial charge on any atom is 0.0532 e. The van der Waals surface area contributed by atoms with Gasteiger partial charge in [-0.3, -0.25) is 0 Å². The lowest BCUT2D eigenvalue weighted by atomic mass is 9.80. The molecular formula is C12H23NO2. The van der Waals surface area contributed by atoms with Crippen LogP contribution >= 0.6 is 0 Å². The van der Waals surface area contributed by atoms with Gasteiger partial charge in [-0.15, -0.1) is 0 Å². The summed E-state index contributed by atoms with van der Waals surface area (Å²) < 4.78 is 10.8. The number of rotatable bonds is 5. The fourth-order valence-corrected chi connectivity index (χ4v) is 2.46. The van der Waals surface area contributed by atoms with Gasteiger partial charge < -0.3 is 14.8 Å². The monoisotopic (exact) mass is 213 g/mol. The second kappa shape index (κ2) is 5.28. The Kier molecular flexibility index (Phi) is 4.00. The second-order valence-electron chi connectivity index (χ2n) is 5.05. The molecule has 3 heteroatoms. The third-order valence-electron chi connectivity index (χ3n) is 3.87. The summed E-state index contributed by atoms with van der Waals surface area (Å²) in [7, 11) is 1.81. The Morgan fingerprint density at radius 2 is 2.07 bits per heavy atom. The molecule has 0 atom stereocenters. The predicted octanol–water partition coefficient (Wildman–Crippen LogP) is 1.57. The zero-order valence-corrected chi connectivity index (χ0v) is 9.76. The van der Waals surface area contributed by atoms with E-state index in [0.717, 1.165) is 45.2 Å². The van der Waals surface area contributed by atoms with E-state index >= 15 is 0 Å². The van der Waals surface area contributed by atoms with Gasteiger partial charge in [0.05, 0.1) is 6.61 Å². The number of nitrogens with one attached hydrogen (secondary N) is 1. The Morgan fingerprint density at radius 3 is 2.60 bits per heavy atom. The Bertz CT molecular complexity index is 181. The Labute approximate surface area is 92.5 Å². The molecule has 2 aliphatic rings. The van der Waals surface area contributed by atoms with E-state index in [1.807, 2.05) is 0 Å². The molecule has 1 aliphatic carbocycles. The van der Waals surface area contributed by atoms with Gasteiger partial charge >= 0.3 is 0 Å². The van der Waals surface area contributed by atoms with Crippen molar-refractivity contribution in [3.8, 4) is 0 Å². The summed E-state index contributed by atoms with van der Waals surface area (Å²) in [5.74, 6) is 0. The lowest BCUT2D eigenvalue weighted by Gasteiger charge is -2.39. The third-order valence-corrected chi connectivity index (χ3v) is 3.87. The van der Waals surface area contributed by atoms with Crippen molar-refractivity contribution in [2.45, 2.75) is 38.1 Å². The summed E-state index contributed by atoms with van der Waals surface area (Å²) in [6.07, 6.45) is 6.40. The quantitative estimate of drug-likeness (QED) is 0.752. The van der Waals surface area contributed by atoms with Crippen molar-refractivity contribution in [2.24, 2.45) is 5.41 Å². The van der Waals surface area contributed by atoms with E-state index in [-0.39, 0.29) is 0 Å². The highest BCUT2D eigenvalue weighted by atomic mass is 16.5. The molecule has 2 fully saturated rings. The molecule has 1 saturated carbocycles. The normalized spacial score (nSPS) is 26.2. The molecule has 0 unspecified atom stereocenters. The molecule has 0 amide bonds. The van der Waals surface area contributed by atoms with E-state index in [9.17, 15) is 0 Å². The average molecular weight is 213 g/mol. The van der Waals surface area contributed by atoms with Crippen LogP contribution in [0.4, 0.5) is 0 Å². The Hall–Kier alpha value is -0.120. The molecule has 3 nitrogen and oxygen atoms in total. The van der Waals surface area contributed by atoms with Gasteiger partial charge in [0, 0.05) is 38.3 Å². The van der Waals surface area contributed by atoms with Crippen LogP contribution in [-0.4, -0.2) is 39.5 Å². The molecule has 0 spiro atoms. The van der Waals surface area contributed by atoms with Crippen LogP contribution < -0.4 is 5.32 Å². The van der Waals surface area contributed by atoms with Crippen molar-refractivity contribution in [1.82, 2.24) is 5.32 Å². The summed E-state index contributed by atoms with van der Waals surface area (Å²) in [4.78, 5) is 0. The molecule has 88 valence electrons. The van der Waals surface area contributed by atoms with Crippen LogP contribution in [0.3, 0.4) is 0 Å². The average Bonchev–Trinajstić information content (AvgIpc) is 2.17. The highest BCUT2D eigenvalue weighted by Gasteiger charge is 2.33. The molecule has 0 bridgehead atoms. The van der Waals surface area contributed by atoms with Gasteiger partial charge in [0.1, 0.15) is 0 Å². The minimum atomic E-state index is 0.336. The fourth-order valence-electron chi connectivity index (χ4n) is 2.46. The summed E-state index contributed by atoms with van der Waals surface area (Å²) in [5.41, 5.74) is 0.336. The summed E-state index contributed by atoms with van der Waals surface area (Å²) in [6, 6.07) is 0.779. The molecule has 1 N–H and O–H groups in total. The van der Waals surface area contributed by atoms with Gasteiger partial charge in [-0.05, 0) is 25.7 Å². The van der Waals surface area contributed by atoms with Gasteiger partial charge in [-0.1, -0.05) is 6.42 Å². The Balaban J connectivity index is 1.80. The molecular weight excluding hydrogens is 190 g/mol. The maximum absolute atomic E-state index is 5.43. The first kappa shape index (κ1) is 11.4. The predicted molar refractivity (Wildman–Crippen MR) is 60.0 cm³/mol. The summed E-state index contributed by atoms with van der Waals surface area (Å²) in [6.45, 7) is 3.77. The van der Waals surface area contributed by atoms with E-state index in [1.165, 1.54) is 19.3 Å². The van der Waals surface area contributed by atoms with Crippen molar-refractivity contribution in [3.63, 3.8) is 0 Å². The first-order chi connectivity index (χ1) is 7.35. The number of hydrogen-bond donors (Lipinski definition) is 1. The topological polar surface area (TPSA) is 30.5 Å². The van der Waals surface area contributed by atoms with Crippen LogP contribution in [0.5, 0.6) is 0 Å². The lowest BCUT2D eigenvalue weighted by Crippen LogP contribution is -2.47. The fraction of sp³-hybridized carbons (Fsp3) is 1.00. The van der Waals surface area contributed by atoms with E-state index in [4.69, 9.17) is 9.47 Å². The van der Waals surface area contributed by atoms with Crippen LogP contribution in [0.15, 0.2) is 0 Å². The van der Waals surface area contributed by atoms with Crippen molar-refractivity contribution in [1.29, 1.82) is 0 Å². The van der Waals surface area contributed by atoms with Gasteiger partial charge in [-0.2, -0.15) is 0 Å². The van der Waals surface area contributed by atoms with Crippen molar-refractivity contribution < 1.29 is 9.47 Å². The van der Waals surface area contributed by atoms with Crippen LogP contribution in [0.25, 0.3) is 0 Å². The van der Waals surface area contributed by atoms with Gasteiger partial charge in [0.2, 0.25) is 0 Å². The minimum absolute atomic E-state index is 0.336. The van der Waals surface area contributed by atoms with Crippen LogP contribution in [0.1, 0.15) is 32.1 Å². The van der Waals surface area contributed by atoms with Crippen molar-refractivity contribution in [3.05, 3.63) is 0 Å². The standard InChI is InChI=1S/C12H23NO2/c1-14-10-12(5-7-15-8-6-12)9-13-11-3-2-4-11/h11,13H,2-10H2,1H3. The molecule has 0 radical (unpaired) electrons. The van der Waals surface area contributed by atoms with E-state index in [2.05, 4.69) is 5.32 Å². The first-order valence-corrected chi connectivity index (χ1v) is 6.15. The largest absolute Gasteiger partial charge is 0.384 e. The number of ether oxygens (including phenoxy) is 2. The molecule has 1 saturated heterocycles. The van der Waals surface area contributed by atoms with Crippen LogP contribution in [-0.2, 0) is 9.47 Å². The van der Waals surface area contributed by atoms with Crippen molar-refractivity contribution in [2.75, 3.05) is 33.5 Å². The zero-order chi connectivity index (χ0) is 10.6. The van der Waals surface area contributed by atoms with Gasteiger partial charge in [-0.25, -0.2) is 0 Å². The lowest BCUT2D eigenvalue weighted by molar-refractivity contribution is -0.0290. The Morgan fingerprint density at radius 1 is 1.33 bits per heavy atom.